The van der Waals surface area contributed by atoms with Gasteiger partial charge in [0.1, 0.15) is 0 Å². The second kappa shape index (κ2) is 13.0. The third-order valence-corrected chi connectivity index (χ3v) is 8.22. The van der Waals surface area contributed by atoms with Gasteiger partial charge in [-0.1, -0.05) is 55.8 Å². The van der Waals surface area contributed by atoms with Crippen molar-refractivity contribution in [3.8, 4) is 0 Å². The fourth-order valence-electron chi connectivity index (χ4n) is 5.91. The minimum absolute atomic E-state index is 0.109. The van der Waals surface area contributed by atoms with Crippen molar-refractivity contribution in [1.29, 1.82) is 0 Å². The molecule has 0 bridgehead atoms. The molecule has 3 N–H and O–H groups in total. The molecule has 43 heavy (non-hydrogen) atoms. The van der Waals surface area contributed by atoms with E-state index in [2.05, 4.69) is 57.0 Å². The van der Waals surface area contributed by atoms with Gasteiger partial charge in [0, 0.05) is 47.0 Å². The number of hydrogen-bond acceptors (Lipinski definition) is 5. The normalized spacial score (nSPS) is 16.6. The van der Waals surface area contributed by atoms with Gasteiger partial charge in [0.05, 0.1) is 17.3 Å². The van der Waals surface area contributed by atoms with Crippen molar-refractivity contribution >= 4 is 34.5 Å². The summed E-state index contributed by atoms with van der Waals surface area (Å²) < 4.78 is 0. The predicted molar refractivity (Wildman–Crippen MR) is 172 cm³/mol. The van der Waals surface area contributed by atoms with Crippen LogP contribution in [-0.2, 0) is 11.3 Å². The molecule has 2 aliphatic rings. The zero-order valence-corrected chi connectivity index (χ0v) is 24.5. The standard InChI is InChI=1S/C36H37N5O2/c1-2-31(26-10-5-3-6-11-26)39-35(42)27-15-18-32-30(22-27)33(36(43)40-32)34(28-12-9-19-37-23-28)38-29-16-13-25(14-17-29)24-41-20-7-4-8-21-41/h3,5-6,9-19,22-23,31,38H,2,4,7-8,20-21,24H2,1H3,(H,39,42)(H,40,43)/t31-/m1/s1. The second-order valence-electron chi connectivity index (χ2n) is 11.2. The van der Waals surface area contributed by atoms with Gasteiger partial charge in [0.25, 0.3) is 11.8 Å². The van der Waals surface area contributed by atoms with E-state index < -0.39 is 0 Å². The van der Waals surface area contributed by atoms with Crippen LogP contribution in [0.5, 0.6) is 0 Å². The predicted octanol–water partition coefficient (Wildman–Crippen LogP) is 6.88. The number of piperidine rings is 1. The summed E-state index contributed by atoms with van der Waals surface area (Å²) in [6.07, 6.45) is 8.07. The maximum Gasteiger partial charge on any atom is 0.258 e. The van der Waals surface area contributed by atoms with E-state index in [1.54, 1.807) is 30.6 Å². The maximum atomic E-state index is 13.5. The first-order valence-corrected chi connectivity index (χ1v) is 15.1. The van der Waals surface area contributed by atoms with Gasteiger partial charge in [-0.3, -0.25) is 19.5 Å². The smallest absolute Gasteiger partial charge is 0.258 e. The highest BCUT2D eigenvalue weighted by molar-refractivity contribution is 6.37. The van der Waals surface area contributed by atoms with Crippen molar-refractivity contribution in [2.24, 2.45) is 0 Å². The molecule has 1 atom stereocenters. The van der Waals surface area contributed by atoms with Crippen molar-refractivity contribution in [3.63, 3.8) is 0 Å². The van der Waals surface area contributed by atoms with Gasteiger partial charge >= 0.3 is 0 Å². The molecule has 6 rings (SSSR count). The van der Waals surface area contributed by atoms with Crippen LogP contribution in [0.15, 0.2) is 97.3 Å². The highest BCUT2D eigenvalue weighted by Gasteiger charge is 2.30. The third kappa shape index (κ3) is 6.52. The van der Waals surface area contributed by atoms with Gasteiger partial charge in [-0.05, 0) is 85.9 Å². The van der Waals surface area contributed by atoms with E-state index in [0.717, 1.165) is 42.9 Å². The number of fused-ring (bicyclic) bond motifs is 1. The van der Waals surface area contributed by atoms with Crippen molar-refractivity contribution in [1.82, 2.24) is 15.2 Å². The summed E-state index contributed by atoms with van der Waals surface area (Å²) in [6.45, 7) is 5.30. The molecule has 1 aromatic heterocycles. The van der Waals surface area contributed by atoms with Gasteiger partial charge in [0.15, 0.2) is 0 Å². The number of aromatic nitrogens is 1. The van der Waals surface area contributed by atoms with E-state index in [-0.39, 0.29) is 17.9 Å². The quantitative estimate of drug-likeness (QED) is 0.191. The van der Waals surface area contributed by atoms with Gasteiger partial charge in [-0.25, -0.2) is 0 Å². The SMILES string of the molecule is CC[C@@H](NC(=O)c1ccc2c(c1)C(=C(Nc1ccc(CN3CCCCC3)cc1)c1cccnc1)C(=O)N2)c1ccccc1. The van der Waals surface area contributed by atoms with E-state index in [0.29, 0.717) is 28.1 Å². The zero-order chi connectivity index (χ0) is 29.6. The van der Waals surface area contributed by atoms with Crippen molar-refractivity contribution in [3.05, 3.63) is 125 Å². The molecule has 2 amide bonds. The fourth-order valence-corrected chi connectivity index (χ4v) is 5.91. The molecule has 3 aromatic carbocycles. The van der Waals surface area contributed by atoms with E-state index in [1.165, 1.54) is 24.8 Å². The lowest BCUT2D eigenvalue weighted by atomic mass is 9.98. The number of carbonyl (C=O) groups excluding carboxylic acids is 2. The lowest BCUT2D eigenvalue weighted by Crippen LogP contribution is -2.29. The number of nitrogens with one attached hydrogen (secondary N) is 3. The number of nitrogens with zero attached hydrogens (tertiary/aromatic N) is 2. The van der Waals surface area contributed by atoms with Crippen LogP contribution in [0.25, 0.3) is 11.3 Å². The number of rotatable bonds is 9. The van der Waals surface area contributed by atoms with Crippen LogP contribution >= 0.6 is 0 Å². The Bertz CT molecular complexity index is 1610. The average Bonchev–Trinajstić information content (AvgIpc) is 3.39. The molecule has 7 heteroatoms. The number of carbonyl (C=O) groups is 2. The summed E-state index contributed by atoms with van der Waals surface area (Å²) in [5.74, 6) is -0.409. The molecule has 1 fully saturated rings. The Morgan fingerprint density at radius 2 is 1.72 bits per heavy atom. The molecule has 0 unspecified atom stereocenters. The molecule has 0 saturated carbocycles. The molecular weight excluding hydrogens is 534 g/mol. The molecule has 3 heterocycles. The summed E-state index contributed by atoms with van der Waals surface area (Å²) in [5, 5.41) is 9.67. The van der Waals surface area contributed by atoms with Crippen molar-refractivity contribution in [2.45, 2.75) is 45.2 Å². The molecule has 7 nitrogen and oxygen atoms in total. The van der Waals surface area contributed by atoms with E-state index in [9.17, 15) is 9.59 Å². The van der Waals surface area contributed by atoms with Crippen molar-refractivity contribution < 1.29 is 9.59 Å². The van der Waals surface area contributed by atoms with Crippen LogP contribution in [0.1, 0.15) is 71.3 Å². The molecule has 4 aromatic rings. The third-order valence-electron chi connectivity index (χ3n) is 8.22. The molecular formula is C36H37N5O2. The highest BCUT2D eigenvalue weighted by atomic mass is 16.2. The molecule has 218 valence electrons. The van der Waals surface area contributed by atoms with Crippen LogP contribution in [0.2, 0.25) is 0 Å². The lowest BCUT2D eigenvalue weighted by Gasteiger charge is -2.26. The Labute approximate surface area is 253 Å². The average molecular weight is 572 g/mol. The Morgan fingerprint density at radius 3 is 2.44 bits per heavy atom. The van der Waals surface area contributed by atoms with Crippen LogP contribution in [0.4, 0.5) is 11.4 Å². The molecule has 1 saturated heterocycles. The summed E-state index contributed by atoms with van der Waals surface area (Å²) in [5.41, 5.74) is 6.94. The van der Waals surface area contributed by atoms with Gasteiger partial charge in [0.2, 0.25) is 0 Å². The lowest BCUT2D eigenvalue weighted by molar-refractivity contribution is -0.110. The van der Waals surface area contributed by atoms with Crippen LogP contribution in [0, 0.1) is 0 Å². The maximum absolute atomic E-state index is 13.5. The summed E-state index contributed by atoms with van der Waals surface area (Å²) in [4.78, 5) is 33.7. The molecule has 0 spiro atoms. The molecule has 2 aliphatic heterocycles. The number of amides is 2. The number of benzene rings is 3. The van der Waals surface area contributed by atoms with E-state index in [1.807, 2.05) is 42.5 Å². The first kappa shape index (κ1) is 28.4. The first-order chi connectivity index (χ1) is 21.1. The minimum Gasteiger partial charge on any atom is -0.354 e. The summed E-state index contributed by atoms with van der Waals surface area (Å²) in [6, 6.07) is 27.4. The van der Waals surface area contributed by atoms with Gasteiger partial charge in [-0.15, -0.1) is 0 Å². The number of likely N-dealkylation sites (tertiary alicyclic amines) is 1. The first-order valence-electron chi connectivity index (χ1n) is 15.1. The Morgan fingerprint density at radius 1 is 0.930 bits per heavy atom. The monoisotopic (exact) mass is 571 g/mol. The van der Waals surface area contributed by atoms with Crippen LogP contribution in [-0.4, -0.2) is 34.8 Å². The number of hydrogen-bond donors (Lipinski definition) is 3. The number of anilines is 2. The van der Waals surface area contributed by atoms with Gasteiger partial charge in [-0.2, -0.15) is 0 Å². The Balaban J connectivity index is 1.31. The number of pyridine rings is 1. The Kier molecular flexibility index (Phi) is 8.61. The largest absolute Gasteiger partial charge is 0.354 e. The molecule has 0 aliphatic carbocycles. The van der Waals surface area contributed by atoms with Crippen molar-refractivity contribution in [2.75, 3.05) is 23.7 Å². The van der Waals surface area contributed by atoms with Crippen LogP contribution in [0.3, 0.4) is 0 Å². The molecule has 0 radical (unpaired) electrons. The van der Waals surface area contributed by atoms with Crippen LogP contribution < -0.4 is 16.0 Å². The topological polar surface area (TPSA) is 86.4 Å². The van der Waals surface area contributed by atoms with Gasteiger partial charge < -0.3 is 16.0 Å². The summed E-state index contributed by atoms with van der Waals surface area (Å²) >= 11 is 0. The highest BCUT2D eigenvalue weighted by Crippen LogP contribution is 2.38. The minimum atomic E-state index is -0.226. The Hall–Kier alpha value is -4.75. The fraction of sp³-hybridized carbons (Fsp3) is 0.250. The summed E-state index contributed by atoms with van der Waals surface area (Å²) in [7, 11) is 0. The van der Waals surface area contributed by atoms with E-state index >= 15 is 0 Å². The zero-order valence-electron chi connectivity index (χ0n) is 24.5. The second-order valence-corrected chi connectivity index (χ2v) is 11.2. The van der Waals surface area contributed by atoms with E-state index in [4.69, 9.17) is 0 Å².